The van der Waals surface area contributed by atoms with Gasteiger partial charge in [-0.15, -0.1) is 22.0 Å². The average molecular weight is 545 g/mol. The molecule has 0 bridgehead atoms. The summed E-state index contributed by atoms with van der Waals surface area (Å²) < 4.78 is 2.88. The number of fused-ring (bicyclic) bond motifs is 1. The lowest BCUT2D eigenvalue weighted by molar-refractivity contribution is -0.148. The quantitative estimate of drug-likeness (QED) is 0.412. The summed E-state index contributed by atoms with van der Waals surface area (Å²) in [5.41, 5.74) is 1.60. The molecule has 2 aliphatic rings. The fourth-order valence-corrected chi connectivity index (χ4v) is 7.03. The van der Waals surface area contributed by atoms with Gasteiger partial charge in [-0.2, -0.15) is 5.10 Å². The molecule has 4 rings (SSSR count). The molecule has 0 aromatic carbocycles. The standard InChI is InChI=1S/C17H17BrN6O4S3/c1-6-9(18)10(22-23(6)3)13(25)19-11-14(26)24-12(16(27)28)8(4-29-15(11)24)5-30-17-21-20-7(2)31-17/h11,15H,4-5H2,1-3H3,(H,19,25)(H,27,28). The third-order valence-corrected chi connectivity index (χ3v) is 9.24. The van der Waals surface area contributed by atoms with Crippen LogP contribution in [0.25, 0.3) is 0 Å². The summed E-state index contributed by atoms with van der Waals surface area (Å²) in [6.45, 7) is 3.66. The van der Waals surface area contributed by atoms with Crippen LogP contribution in [0.1, 0.15) is 21.2 Å². The van der Waals surface area contributed by atoms with E-state index in [1.165, 1.54) is 39.8 Å². The minimum absolute atomic E-state index is 0.0113. The molecule has 14 heteroatoms. The molecule has 2 amide bonds. The Hall–Kier alpha value is -1.90. The number of aromatic nitrogens is 4. The van der Waals surface area contributed by atoms with E-state index in [9.17, 15) is 19.5 Å². The van der Waals surface area contributed by atoms with Crippen molar-refractivity contribution in [2.45, 2.75) is 29.6 Å². The zero-order valence-corrected chi connectivity index (χ0v) is 20.6. The second-order valence-electron chi connectivity index (χ2n) is 6.87. The Morgan fingerprint density at radius 1 is 1.35 bits per heavy atom. The van der Waals surface area contributed by atoms with Crippen LogP contribution in [0.5, 0.6) is 0 Å². The Balaban J connectivity index is 1.49. The molecule has 2 aromatic rings. The molecule has 31 heavy (non-hydrogen) atoms. The average Bonchev–Trinajstić information content (AvgIpc) is 3.27. The molecule has 164 valence electrons. The van der Waals surface area contributed by atoms with Gasteiger partial charge in [-0.1, -0.05) is 23.1 Å². The summed E-state index contributed by atoms with van der Waals surface area (Å²) in [7, 11) is 1.72. The van der Waals surface area contributed by atoms with Gasteiger partial charge in [-0.25, -0.2) is 4.79 Å². The zero-order chi connectivity index (χ0) is 22.4. The fraction of sp³-hybridized carbons (Fsp3) is 0.412. The number of rotatable bonds is 6. The van der Waals surface area contributed by atoms with E-state index in [1.54, 1.807) is 11.7 Å². The van der Waals surface area contributed by atoms with Gasteiger partial charge in [0.1, 0.15) is 22.1 Å². The van der Waals surface area contributed by atoms with Gasteiger partial charge in [0.05, 0.1) is 10.2 Å². The van der Waals surface area contributed by atoms with Gasteiger partial charge in [-0.3, -0.25) is 19.2 Å². The molecular weight excluding hydrogens is 528 g/mol. The molecule has 4 heterocycles. The molecule has 0 aliphatic carbocycles. The topological polar surface area (TPSA) is 130 Å². The molecule has 0 radical (unpaired) electrons. The molecule has 2 aliphatic heterocycles. The maximum atomic E-state index is 12.8. The minimum Gasteiger partial charge on any atom is -0.477 e. The van der Waals surface area contributed by atoms with Crippen LogP contribution >= 0.6 is 50.8 Å². The SMILES string of the molecule is Cc1nnc(SCC2=C(C(=O)O)N3C(=O)C(NC(=O)c4nn(C)c(C)c4Br)C3SC2)s1. The molecule has 0 saturated carbocycles. The van der Waals surface area contributed by atoms with Crippen molar-refractivity contribution in [1.82, 2.24) is 30.2 Å². The summed E-state index contributed by atoms with van der Waals surface area (Å²) in [5, 5.41) is 25.0. The third kappa shape index (κ3) is 4.01. The Labute approximate surface area is 198 Å². The van der Waals surface area contributed by atoms with Crippen molar-refractivity contribution in [3.05, 3.63) is 32.1 Å². The van der Waals surface area contributed by atoms with Crippen molar-refractivity contribution in [3.63, 3.8) is 0 Å². The first-order chi connectivity index (χ1) is 14.7. The molecule has 2 N–H and O–H groups in total. The van der Waals surface area contributed by atoms with Gasteiger partial charge in [0.15, 0.2) is 10.0 Å². The molecule has 2 unspecified atom stereocenters. The second-order valence-corrected chi connectivity index (χ2v) is 11.2. The molecule has 0 spiro atoms. The largest absolute Gasteiger partial charge is 0.477 e. The number of aliphatic carboxylic acids is 1. The highest BCUT2D eigenvalue weighted by Crippen LogP contribution is 2.42. The van der Waals surface area contributed by atoms with Crippen molar-refractivity contribution in [2.24, 2.45) is 7.05 Å². The van der Waals surface area contributed by atoms with E-state index in [0.29, 0.717) is 21.6 Å². The number of amides is 2. The number of hydrogen-bond donors (Lipinski definition) is 2. The summed E-state index contributed by atoms with van der Waals surface area (Å²) >= 11 is 7.61. The maximum Gasteiger partial charge on any atom is 0.352 e. The number of carboxylic acid groups (broad SMARTS) is 1. The van der Waals surface area contributed by atoms with E-state index in [0.717, 1.165) is 15.0 Å². The summed E-state index contributed by atoms with van der Waals surface area (Å²) in [6.07, 6.45) is 0. The number of carbonyl (C=O) groups excluding carboxylic acids is 2. The van der Waals surface area contributed by atoms with E-state index in [2.05, 4.69) is 36.5 Å². The Kier molecular flexibility index (Phi) is 6.16. The number of nitrogens with zero attached hydrogens (tertiary/aromatic N) is 5. The lowest BCUT2D eigenvalue weighted by Crippen LogP contribution is -2.70. The third-order valence-electron chi connectivity index (χ3n) is 4.89. The predicted octanol–water partition coefficient (Wildman–Crippen LogP) is 1.80. The number of halogens is 1. The van der Waals surface area contributed by atoms with Crippen LogP contribution in [0.15, 0.2) is 20.1 Å². The van der Waals surface area contributed by atoms with Crippen LogP contribution in [0.3, 0.4) is 0 Å². The highest BCUT2D eigenvalue weighted by molar-refractivity contribution is 9.10. The van der Waals surface area contributed by atoms with Gasteiger partial charge in [-0.05, 0) is 35.4 Å². The Morgan fingerprint density at radius 2 is 2.10 bits per heavy atom. The van der Waals surface area contributed by atoms with Crippen LogP contribution in [-0.2, 0) is 16.6 Å². The monoisotopic (exact) mass is 544 g/mol. The first-order valence-corrected chi connectivity index (χ1v) is 12.7. The molecule has 2 aromatic heterocycles. The predicted molar refractivity (Wildman–Crippen MR) is 120 cm³/mol. The smallest absolute Gasteiger partial charge is 0.352 e. The molecule has 1 saturated heterocycles. The maximum absolute atomic E-state index is 12.8. The second kappa shape index (κ2) is 8.56. The Bertz CT molecular complexity index is 1130. The number of carboxylic acids is 1. The highest BCUT2D eigenvalue weighted by atomic mass is 79.9. The lowest BCUT2D eigenvalue weighted by atomic mass is 10.0. The van der Waals surface area contributed by atoms with Crippen LogP contribution in [0.2, 0.25) is 0 Å². The van der Waals surface area contributed by atoms with Crippen molar-refractivity contribution in [3.8, 4) is 0 Å². The van der Waals surface area contributed by atoms with E-state index in [-0.39, 0.29) is 11.4 Å². The van der Waals surface area contributed by atoms with E-state index >= 15 is 0 Å². The van der Waals surface area contributed by atoms with Crippen molar-refractivity contribution in [2.75, 3.05) is 11.5 Å². The van der Waals surface area contributed by atoms with Crippen LogP contribution < -0.4 is 5.32 Å². The van der Waals surface area contributed by atoms with Gasteiger partial charge < -0.3 is 10.4 Å². The minimum atomic E-state index is -1.16. The van der Waals surface area contributed by atoms with Crippen LogP contribution in [-0.4, -0.2) is 70.7 Å². The Morgan fingerprint density at radius 3 is 2.68 bits per heavy atom. The number of thioether (sulfide) groups is 2. The summed E-state index contributed by atoms with van der Waals surface area (Å²) in [5.74, 6) is -1.24. The molecular formula is C17H17BrN6O4S3. The van der Waals surface area contributed by atoms with Gasteiger partial charge >= 0.3 is 5.97 Å². The number of β-lactam (4-membered cyclic amide) rings is 1. The van der Waals surface area contributed by atoms with Gasteiger partial charge in [0.2, 0.25) is 0 Å². The summed E-state index contributed by atoms with van der Waals surface area (Å²) in [6, 6.07) is -0.805. The first-order valence-electron chi connectivity index (χ1n) is 9.02. The molecule has 2 atom stereocenters. The van der Waals surface area contributed by atoms with Crippen molar-refractivity contribution < 1.29 is 19.5 Å². The first kappa shape index (κ1) is 22.3. The molecule has 10 nitrogen and oxygen atoms in total. The van der Waals surface area contributed by atoms with E-state index < -0.39 is 29.2 Å². The number of aryl methyl sites for hydroxylation is 2. The zero-order valence-electron chi connectivity index (χ0n) is 16.6. The van der Waals surface area contributed by atoms with Crippen LogP contribution in [0.4, 0.5) is 0 Å². The number of hydrogen-bond acceptors (Lipinski definition) is 9. The highest BCUT2D eigenvalue weighted by Gasteiger charge is 2.54. The van der Waals surface area contributed by atoms with Gasteiger partial charge in [0, 0.05) is 18.6 Å². The van der Waals surface area contributed by atoms with E-state index in [1.807, 2.05) is 13.8 Å². The fourth-order valence-electron chi connectivity index (χ4n) is 3.22. The normalized spacial score (nSPS) is 20.5. The summed E-state index contributed by atoms with van der Waals surface area (Å²) in [4.78, 5) is 38.7. The van der Waals surface area contributed by atoms with E-state index in [4.69, 9.17) is 0 Å². The number of nitrogens with one attached hydrogen (secondary N) is 1. The van der Waals surface area contributed by atoms with Crippen molar-refractivity contribution in [1.29, 1.82) is 0 Å². The van der Waals surface area contributed by atoms with Crippen molar-refractivity contribution >= 4 is 68.6 Å². The molecule has 1 fully saturated rings. The van der Waals surface area contributed by atoms with Gasteiger partial charge in [0.25, 0.3) is 11.8 Å². The van der Waals surface area contributed by atoms with Crippen LogP contribution in [0, 0.1) is 13.8 Å². The number of carbonyl (C=O) groups is 3. The lowest BCUT2D eigenvalue weighted by Gasteiger charge is -2.49.